The van der Waals surface area contributed by atoms with Gasteiger partial charge in [-0.3, -0.25) is 0 Å². The van der Waals surface area contributed by atoms with Gasteiger partial charge >= 0.3 is 6.36 Å². The number of halogens is 3. The molecular weight excluding hydrogens is 321 g/mol. The van der Waals surface area contributed by atoms with Crippen molar-refractivity contribution >= 4 is 5.69 Å². The molecule has 0 spiro atoms. The van der Waals surface area contributed by atoms with Crippen molar-refractivity contribution in [1.29, 1.82) is 0 Å². The summed E-state index contributed by atoms with van der Waals surface area (Å²) < 4.78 is 46.2. The number of benzene rings is 1. The fraction of sp³-hybridized carbons (Fsp3) is 0.353. The third-order valence-corrected chi connectivity index (χ3v) is 3.78. The average Bonchev–Trinajstić information content (AvgIpc) is 3.36. The Labute approximate surface area is 137 Å². The van der Waals surface area contributed by atoms with E-state index in [-0.39, 0.29) is 12.5 Å². The Morgan fingerprint density at radius 2 is 1.83 bits per heavy atom. The van der Waals surface area contributed by atoms with Gasteiger partial charge in [-0.05, 0) is 30.4 Å². The second-order valence-electron chi connectivity index (χ2n) is 5.55. The molecule has 1 fully saturated rings. The van der Waals surface area contributed by atoms with Gasteiger partial charge in [0.1, 0.15) is 6.61 Å². The SMILES string of the molecule is CNc1cccc(C2CC2)c1COc1cccc(OC(F)(F)F)n1. The predicted octanol–water partition coefficient (Wildman–Crippen LogP) is 4.48. The van der Waals surface area contributed by atoms with Crippen LogP contribution in [0.25, 0.3) is 0 Å². The van der Waals surface area contributed by atoms with Gasteiger partial charge in [-0.15, -0.1) is 13.2 Å². The predicted molar refractivity (Wildman–Crippen MR) is 83.2 cm³/mol. The van der Waals surface area contributed by atoms with Crippen LogP contribution in [-0.2, 0) is 6.61 Å². The maximum absolute atomic E-state index is 12.3. The van der Waals surface area contributed by atoms with E-state index in [2.05, 4.69) is 21.1 Å². The molecule has 3 rings (SSSR count). The van der Waals surface area contributed by atoms with E-state index in [0.717, 1.165) is 30.2 Å². The van der Waals surface area contributed by atoms with Gasteiger partial charge in [0, 0.05) is 30.4 Å². The quantitative estimate of drug-likeness (QED) is 0.843. The molecule has 0 unspecified atom stereocenters. The summed E-state index contributed by atoms with van der Waals surface area (Å²) in [5, 5.41) is 3.12. The van der Waals surface area contributed by atoms with Crippen molar-refractivity contribution in [2.75, 3.05) is 12.4 Å². The second kappa shape index (κ2) is 6.59. The molecule has 1 aliphatic carbocycles. The highest BCUT2D eigenvalue weighted by molar-refractivity contribution is 5.55. The molecular formula is C17H17F3N2O2. The number of nitrogens with zero attached hydrogens (tertiary/aromatic N) is 1. The van der Waals surface area contributed by atoms with Crippen LogP contribution in [-0.4, -0.2) is 18.4 Å². The van der Waals surface area contributed by atoms with Crippen molar-refractivity contribution in [1.82, 2.24) is 4.98 Å². The number of rotatable bonds is 6. The van der Waals surface area contributed by atoms with Crippen molar-refractivity contribution in [3.63, 3.8) is 0 Å². The lowest BCUT2D eigenvalue weighted by molar-refractivity contribution is -0.276. The van der Waals surface area contributed by atoms with Crippen LogP contribution in [0.15, 0.2) is 36.4 Å². The summed E-state index contributed by atoms with van der Waals surface area (Å²) in [4.78, 5) is 3.73. The van der Waals surface area contributed by atoms with Gasteiger partial charge in [-0.1, -0.05) is 18.2 Å². The van der Waals surface area contributed by atoms with Gasteiger partial charge in [0.2, 0.25) is 11.8 Å². The van der Waals surface area contributed by atoms with E-state index < -0.39 is 12.2 Å². The van der Waals surface area contributed by atoms with Crippen LogP contribution < -0.4 is 14.8 Å². The summed E-state index contributed by atoms with van der Waals surface area (Å²) >= 11 is 0. The number of alkyl halides is 3. The minimum Gasteiger partial charge on any atom is -0.473 e. The number of ether oxygens (including phenoxy) is 2. The minimum atomic E-state index is -4.77. The molecule has 128 valence electrons. The lowest BCUT2D eigenvalue weighted by Crippen LogP contribution is -2.18. The van der Waals surface area contributed by atoms with Crippen molar-refractivity contribution in [3.05, 3.63) is 47.5 Å². The van der Waals surface area contributed by atoms with E-state index in [4.69, 9.17) is 4.74 Å². The molecule has 0 radical (unpaired) electrons. The maximum atomic E-state index is 12.3. The first-order valence-electron chi connectivity index (χ1n) is 7.61. The number of aromatic nitrogens is 1. The van der Waals surface area contributed by atoms with Gasteiger partial charge in [-0.2, -0.15) is 4.98 Å². The molecule has 1 heterocycles. The third-order valence-electron chi connectivity index (χ3n) is 3.78. The Morgan fingerprint density at radius 3 is 2.50 bits per heavy atom. The molecule has 1 saturated carbocycles. The largest absolute Gasteiger partial charge is 0.574 e. The Hall–Kier alpha value is -2.44. The molecule has 2 aromatic rings. The third kappa shape index (κ3) is 4.10. The fourth-order valence-electron chi connectivity index (χ4n) is 2.57. The zero-order valence-electron chi connectivity index (χ0n) is 13.1. The number of hydrogen-bond donors (Lipinski definition) is 1. The van der Waals surface area contributed by atoms with Crippen LogP contribution in [0, 0.1) is 0 Å². The molecule has 4 nitrogen and oxygen atoms in total. The summed E-state index contributed by atoms with van der Waals surface area (Å²) in [7, 11) is 1.82. The highest BCUT2D eigenvalue weighted by Crippen LogP contribution is 2.43. The molecule has 24 heavy (non-hydrogen) atoms. The van der Waals surface area contributed by atoms with E-state index in [1.54, 1.807) is 0 Å². The van der Waals surface area contributed by atoms with Crippen LogP contribution in [0.4, 0.5) is 18.9 Å². The first-order chi connectivity index (χ1) is 11.5. The summed E-state index contributed by atoms with van der Waals surface area (Å²) in [6.45, 7) is 0.227. The molecule has 0 aliphatic heterocycles. The van der Waals surface area contributed by atoms with Crippen LogP contribution in [0.1, 0.15) is 29.9 Å². The molecule has 1 aliphatic rings. The number of anilines is 1. The molecule has 7 heteroatoms. The van der Waals surface area contributed by atoms with Crippen molar-refractivity contribution in [2.24, 2.45) is 0 Å². The van der Waals surface area contributed by atoms with Crippen LogP contribution in [0.3, 0.4) is 0 Å². The summed E-state index contributed by atoms with van der Waals surface area (Å²) in [6.07, 6.45) is -2.48. The molecule has 1 aromatic carbocycles. The maximum Gasteiger partial charge on any atom is 0.574 e. The first kappa shape index (κ1) is 16.4. The van der Waals surface area contributed by atoms with Crippen molar-refractivity contribution in [2.45, 2.75) is 31.7 Å². The lowest BCUT2D eigenvalue weighted by atomic mass is 10.0. The average molecular weight is 338 g/mol. The highest BCUT2D eigenvalue weighted by Gasteiger charge is 2.32. The van der Waals surface area contributed by atoms with E-state index in [1.165, 1.54) is 17.7 Å². The highest BCUT2D eigenvalue weighted by atomic mass is 19.4. The van der Waals surface area contributed by atoms with Crippen LogP contribution in [0.5, 0.6) is 11.8 Å². The second-order valence-corrected chi connectivity index (χ2v) is 5.55. The lowest BCUT2D eigenvalue weighted by Gasteiger charge is -2.15. The Kier molecular flexibility index (Phi) is 4.51. The summed E-state index contributed by atoms with van der Waals surface area (Å²) in [5.74, 6) is 0.0819. The number of pyridine rings is 1. The fourth-order valence-corrected chi connectivity index (χ4v) is 2.57. The van der Waals surface area contributed by atoms with Crippen LogP contribution >= 0.6 is 0 Å². The summed E-state index contributed by atoms with van der Waals surface area (Å²) in [6, 6.07) is 10.0. The molecule has 0 saturated heterocycles. The van der Waals surface area contributed by atoms with E-state index in [1.807, 2.05) is 19.2 Å². The monoisotopic (exact) mass is 338 g/mol. The Balaban J connectivity index is 1.75. The molecule has 0 amide bonds. The Morgan fingerprint density at radius 1 is 1.12 bits per heavy atom. The molecule has 0 atom stereocenters. The van der Waals surface area contributed by atoms with Crippen molar-refractivity contribution < 1.29 is 22.6 Å². The Bertz CT molecular complexity index is 715. The van der Waals surface area contributed by atoms with Gasteiger partial charge < -0.3 is 14.8 Å². The first-order valence-corrected chi connectivity index (χ1v) is 7.61. The zero-order chi connectivity index (χ0) is 17.2. The minimum absolute atomic E-state index is 0.0874. The number of hydrogen-bond acceptors (Lipinski definition) is 4. The smallest absolute Gasteiger partial charge is 0.473 e. The van der Waals surface area contributed by atoms with Gasteiger partial charge in [-0.25, -0.2) is 0 Å². The van der Waals surface area contributed by atoms with E-state index >= 15 is 0 Å². The zero-order valence-corrected chi connectivity index (χ0v) is 13.1. The van der Waals surface area contributed by atoms with Crippen LogP contribution in [0.2, 0.25) is 0 Å². The van der Waals surface area contributed by atoms with Gasteiger partial charge in [0.15, 0.2) is 0 Å². The normalized spacial score (nSPS) is 14.3. The molecule has 1 aromatic heterocycles. The molecule has 1 N–H and O–H groups in total. The van der Waals surface area contributed by atoms with Gasteiger partial charge in [0.25, 0.3) is 0 Å². The topological polar surface area (TPSA) is 43.4 Å². The van der Waals surface area contributed by atoms with Crippen molar-refractivity contribution in [3.8, 4) is 11.8 Å². The molecule has 0 bridgehead atoms. The van der Waals surface area contributed by atoms with E-state index in [0.29, 0.717) is 5.92 Å². The summed E-state index contributed by atoms with van der Waals surface area (Å²) in [5.41, 5.74) is 3.16. The van der Waals surface area contributed by atoms with Gasteiger partial charge in [0.05, 0.1) is 0 Å². The number of nitrogens with one attached hydrogen (secondary N) is 1. The van der Waals surface area contributed by atoms with E-state index in [9.17, 15) is 13.2 Å². The standard InChI is InChI=1S/C17H17F3N2O2/c1-21-14-5-2-4-12(11-8-9-11)13(14)10-23-15-6-3-7-16(22-15)24-17(18,19)20/h2-7,11,21H,8-10H2,1H3.